The van der Waals surface area contributed by atoms with Crippen molar-refractivity contribution in [2.24, 2.45) is 11.7 Å². The molecule has 1 aromatic carbocycles. The zero-order chi connectivity index (χ0) is 16.0. The lowest BCUT2D eigenvalue weighted by atomic mass is 10.1. The smallest absolute Gasteiger partial charge is 0.239 e. The first-order chi connectivity index (χ1) is 9.81. The fraction of sp³-hybridized carbons (Fsp3) is 0.467. The minimum atomic E-state index is -0.632. The average molecular weight is 295 g/mol. The minimum Gasteiger partial charge on any atom is -0.348 e. The van der Waals surface area contributed by atoms with Crippen LogP contribution in [0.5, 0.6) is 0 Å². The Bertz CT molecular complexity index is 488. The normalized spacial score (nSPS) is 13.6. The number of amides is 2. The first-order valence-electron chi connectivity index (χ1n) is 6.89. The van der Waals surface area contributed by atoms with Gasteiger partial charge in [0.25, 0.3) is 0 Å². The monoisotopic (exact) mass is 295 g/mol. The van der Waals surface area contributed by atoms with E-state index in [0.717, 1.165) is 5.56 Å². The lowest BCUT2D eigenvalue weighted by Crippen LogP contribution is -2.47. The van der Waals surface area contributed by atoms with Crippen LogP contribution in [0.25, 0.3) is 0 Å². The summed E-state index contributed by atoms with van der Waals surface area (Å²) < 4.78 is 12.8. The third kappa shape index (κ3) is 5.51. The highest BCUT2D eigenvalue weighted by Crippen LogP contribution is 2.12. The molecular formula is C15H22FN3O2. The molecule has 0 aliphatic carbocycles. The van der Waals surface area contributed by atoms with E-state index in [1.807, 2.05) is 13.8 Å². The standard InChI is InChI=1S/C15H22FN3O2/c1-9(2)14(17)15(21)18-8-13(20)19-10(3)11-4-6-12(16)7-5-11/h4-7,9-10,14H,8,17H2,1-3H3,(H,18,21)(H,19,20)/t10-,14-/m0/s1. The SMILES string of the molecule is CC(C)[C@H](N)C(=O)NCC(=O)N[C@@H](C)c1ccc(F)cc1. The summed E-state index contributed by atoms with van der Waals surface area (Å²) in [5.74, 6) is -0.996. The van der Waals surface area contributed by atoms with Crippen molar-refractivity contribution < 1.29 is 14.0 Å². The fourth-order valence-corrected chi connectivity index (χ4v) is 1.72. The first kappa shape index (κ1) is 17.1. The number of nitrogens with one attached hydrogen (secondary N) is 2. The predicted molar refractivity (Wildman–Crippen MR) is 78.8 cm³/mol. The van der Waals surface area contributed by atoms with Crippen LogP contribution in [-0.2, 0) is 9.59 Å². The maximum Gasteiger partial charge on any atom is 0.239 e. The maximum atomic E-state index is 12.8. The van der Waals surface area contributed by atoms with Crippen LogP contribution in [0, 0.1) is 11.7 Å². The van der Waals surface area contributed by atoms with Gasteiger partial charge < -0.3 is 16.4 Å². The van der Waals surface area contributed by atoms with E-state index < -0.39 is 6.04 Å². The molecule has 6 heteroatoms. The van der Waals surface area contributed by atoms with Gasteiger partial charge in [-0.3, -0.25) is 9.59 Å². The number of carbonyl (C=O) groups is 2. The quantitative estimate of drug-likeness (QED) is 0.735. The highest BCUT2D eigenvalue weighted by Gasteiger charge is 2.18. The lowest BCUT2D eigenvalue weighted by molar-refractivity contribution is -0.127. The Morgan fingerprint density at radius 2 is 1.76 bits per heavy atom. The molecule has 0 heterocycles. The van der Waals surface area contributed by atoms with Crippen LogP contribution in [0.1, 0.15) is 32.4 Å². The largest absolute Gasteiger partial charge is 0.348 e. The number of hydrogen-bond donors (Lipinski definition) is 3. The van der Waals surface area contributed by atoms with Crippen molar-refractivity contribution in [3.63, 3.8) is 0 Å². The van der Waals surface area contributed by atoms with Crippen molar-refractivity contribution in [1.82, 2.24) is 10.6 Å². The maximum absolute atomic E-state index is 12.8. The second-order valence-corrected chi connectivity index (χ2v) is 5.33. The molecule has 0 saturated heterocycles. The van der Waals surface area contributed by atoms with Gasteiger partial charge >= 0.3 is 0 Å². The Kier molecular flexibility index (Phi) is 6.30. The van der Waals surface area contributed by atoms with Gasteiger partial charge in [-0.25, -0.2) is 4.39 Å². The van der Waals surface area contributed by atoms with Crippen molar-refractivity contribution in [2.75, 3.05) is 6.54 Å². The number of carbonyl (C=O) groups excluding carboxylic acids is 2. The van der Waals surface area contributed by atoms with Crippen LogP contribution in [0.2, 0.25) is 0 Å². The molecule has 4 N–H and O–H groups in total. The molecule has 1 rings (SSSR count). The van der Waals surface area contributed by atoms with Gasteiger partial charge in [-0.05, 0) is 30.5 Å². The number of halogens is 1. The molecule has 5 nitrogen and oxygen atoms in total. The third-order valence-electron chi connectivity index (χ3n) is 3.19. The summed E-state index contributed by atoms with van der Waals surface area (Å²) in [5.41, 5.74) is 6.46. The molecule has 0 fully saturated rings. The predicted octanol–water partition coefficient (Wildman–Crippen LogP) is 1.10. The molecule has 116 valence electrons. The Morgan fingerprint density at radius 1 is 1.19 bits per heavy atom. The molecule has 2 amide bonds. The summed E-state index contributed by atoms with van der Waals surface area (Å²) in [6, 6.07) is 4.98. The van der Waals surface area contributed by atoms with Crippen molar-refractivity contribution in [1.29, 1.82) is 0 Å². The van der Waals surface area contributed by atoms with Crippen LogP contribution in [-0.4, -0.2) is 24.4 Å². The van der Waals surface area contributed by atoms with Gasteiger partial charge in [-0.15, -0.1) is 0 Å². The highest BCUT2D eigenvalue weighted by atomic mass is 19.1. The molecule has 0 aromatic heterocycles. The molecule has 1 aromatic rings. The summed E-state index contributed by atoms with van der Waals surface area (Å²) in [5, 5.41) is 5.22. The topological polar surface area (TPSA) is 84.2 Å². The first-order valence-corrected chi connectivity index (χ1v) is 6.89. The van der Waals surface area contributed by atoms with Gasteiger partial charge in [0.1, 0.15) is 5.82 Å². The van der Waals surface area contributed by atoms with E-state index in [9.17, 15) is 14.0 Å². The number of benzene rings is 1. The van der Waals surface area contributed by atoms with E-state index in [-0.39, 0.29) is 36.1 Å². The Balaban J connectivity index is 2.43. The van der Waals surface area contributed by atoms with E-state index >= 15 is 0 Å². The summed E-state index contributed by atoms with van der Waals surface area (Å²) in [7, 11) is 0. The van der Waals surface area contributed by atoms with E-state index in [2.05, 4.69) is 10.6 Å². The highest BCUT2D eigenvalue weighted by molar-refractivity contribution is 5.87. The van der Waals surface area contributed by atoms with Gasteiger partial charge in [-0.1, -0.05) is 26.0 Å². The molecule has 0 saturated carbocycles. The Hall–Kier alpha value is -1.95. The minimum absolute atomic E-state index is 0.00574. The second-order valence-electron chi connectivity index (χ2n) is 5.33. The molecule has 2 atom stereocenters. The van der Waals surface area contributed by atoms with Crippen LogP contribution in [0.4, 0.5) is 4.39 Å². The average Bonchev–Trinajstić information content (AvgIpc) is 2.44. The van der Waals surface area contributed by atoms with Crippen molar-refractivity contribution in [3.05, 3.63) is 35.6 Å². The van der Waals surface area contributed by atoms with Crippen LogP contribution in [0.3, 0.4) is 0 Å². The van der Waals surface area contributed by atoms with Crippen LogP contribution >= 0.6 is 0 Å². The fourth-order valence-electron chi connectivity index (χ4n) is 1.72. The molecule has 0 aliphatic heterocycles. The second kappa shape index (κ2) is 7.73. The summed E-state index contributed by atoms with van der Waals surface area (Å²) in [6.07, 6.45) is 0. The molecule has 0 radical (unpaired) electrons. The lowest BCUT2D eigenvalue weighted by Gasteiger charge is -2.17. The molecule has 0 bridgehead atoms. The van der Waals surface area contributed by atoms with Crippen molar-refractivity contribution in [2.45, 2.75) is 32.9 Å². The molecular weight excluding hydrogens is 273 g/mol. The third-order valence-corrected chi connectivity index (χ3v) is 3.19. The Morgan fingerprint density at radius 3 is 2.29 bits per heavy atom. The van der Waals surface area contributed by atoms with E-state index in [1.54, 1.807) is 19.1 Å². The molecule has 0 aliphatic rings. The number of rotatable bonds is 6. The number of nitrogens with two attached hydrogens (primary N) is 1. The van der Waals surface area contributed by atoms with Crippen molar-refractivity contribution in [3.8, 4) is 0 Å². The number of hydrogen-bond acceptors (Lipinski definition) is 3. The van der Waals surface area contributed by atoms with E-state index in [4.69, 9.17) is 5.73 Å². The van der Waals surface area contributed by atoms with Gasteiger partial charge in [-0.2, -0.15) is 0 Å². The van der Waals surface area contributed by atoms with Crippen LogP contribution < -0.4 is 16.4 Å². The van der Waals surface area contributed by atoms with Crippen molar-refractivity contribution >= 4 is 11.8 Å². The van der Waals surface area contributed by atoms with E-state index in [1.165, 1.54) is 12.1 Å². The molecule has 21 heavy (non-hydrogen) atoms. The van der Waals surface area contributed by atoms with Gasteiger partial charge in [0.15, 0.2) is 0 Å². The molecule has 0 unspecified atom stereocenters. The summed E-state index contributed by atoms with van der Waals surface area (Å²) >= 11 is 0. The summed E-state index contributed by atoms with van der Waals surface area (Å²) in [4.78, 5) is 23.4. The van der Waals surface area contributed by atoms with Gasteiger partial charge in [0.05, 0.1) is 18.6 Å². The zero-order valence-corrected chi connectivity index (χ0v) is 12.5. The molecule has 0 spiro atoms. The zero-order valence-electron chi connectivity index (χ0n) is 12.5. The Labute approximate surface area is 124 Å². The van der Waals surface area contributed by atoms with Crippen LogP contribution in [0.15, 0.2) is 24.3 Å². The summed E-state index contributed by atoms with van der Waals surface area (Å²) in [6.45, 7) is 5.32. The van der Waals surface area contributed by atoms with Gasteiger partial charge in [0, 0.05) is 0 Å². The van der Waals surface area contributed by atoms with E-state index in [0.29, 0.717) is 0 Å². The van der Waals surface area contributed by atoms with Gasteiger partial charge in [0.2, 0.25) is 11.8 Å².